The molecule has 0 atom stereocenters. The first kappa shape index (κ1) is 14.5. The van der Waals surface area contributed by atoms with E-state index in [0.717, 1.165) is 37.8 Å². The summed E-state index contributed by atoms with van der Waals surface area (Å²) >= 11 is 3.31. The first-order valence-electron chi connectivity index (χ1n) is 6.79. The highest BCUT2D eigenvalue weighted by atomic mass is 79.9. The summed E-state index contributed by atoms with van der Waals surface area (Å²) in [7, 11) is 0. The molecule has 0 radical (unpaired) electrons. The van der Waals surface area contributed by atoms with Crippen molar-refractivity contribution in [3.05, 3.63) is 21.0 Å². The molecule has 1 aliphatic rings. The second-order valence-electron chi connectivity index (χ2n) is 4.79. The molecule has 0 aromatic carbocycles. The summed E-state index contributed by atoms with van der Waals surface area (Å²) < 4.78 is 7.52. The molecule has 2 rings (SSSR count). The summed E-state index contributed by atoms with van der Waals surface area (Å²) in [5.41, 5.74) is 0.648. The Morgan fingerprint density at radius 2 is 2.37 bits per heavy atom. The molecule has 0 aliphatic heterocycles. The van der Waals surface area contributed by atoms with Gasteiger partial charge in [0.15, 0.2) is 0 Å². The minimum absolute atomic E-state index is 0.0996. The van der Waals surface area contributed by atoms with Gasteiger partial charge in [-0.15, -0.1) is 0 Å². The van der Waals surface area contributed by atoms with Gasteiger partial charge in [-0.05, 0) is 48.0 Å². The topological polar surface area (TPSA) is 56.1 Å². The van der Waals surface area contributed by atoms with Gasteiger partial charge in [-0.25, -0.2) is 4.68 Å². The minimum atomic E-state index is -0.0996. The Kier molecular flexibility index (Phi) is 5.39. The molecule has 0 spiro atoms. The number of hydrogen-bond acceptors (Lipinski definition) is 4. The Hall–Kier alpha value is -0.880. The van der Waals surface area contributed by atoms with Crippen molar-refractivity contribution in [3.8, 4) is 0 Å². The molecule has 1 aliphatic carbocycles. The van der Waals surface area contributed by atoms with Crippen LogP contribution in [0.3, 0.4) is 0 Å². The highest BCUT2D eigenvalue weighted by Gasteiger charge is 2.20. The molecule has 0 unspecified atom stereocenters. The summed E-state index contributed by atoms with van der Waals surface area (Å²) in [6.45, 7) is 4.91. The lowest BCUT2D eigenvalue weighted by Crippen LogP contribution is -2.23. The SMILES string of the molecule is CCn1ncc(NCCCOCC2CC2)c(Br)c1=O. The molecule has 19 heavy (non-hydrogen) atoms. The molecule has 1 heterocycles. The van der Waals surface area contributed by atoms with Crippen molar-refractivity contribution in [2.75, 3.05) is 25.1 Å². The van der Waals surface area contributed by atoms with Crippen molar-refractivity contribution in [1.82, 2.24) is 9.78 Å². The molecule has 1 aromatic heterocycles. The van der Waals surface area contributed by atoms with Crippen LogP contribution in [-0.4, -0.2) is 29.5 Å². The fourth-order valence-electron chi connectivity index (χ4n) is 1.75. The number of halogens is 1. The van der Waals surface area contributed by atoms with E-state index in [4.69, 9.17) is 4.74 Å². The summed E-state index contributed by atoms with van der Waals surface area (Å²) in [5, 5.41) is 7.29. The Bertz CT molecular complexity index is 471. The van der Waals surface area contributed by atoms with E-state index in [2.05, 4.69) is 26.3 Å². The molecule has 0 amide bonds. The number of hydrogen-bond donors (Lipinski definition) is 1. The van der Waals surface area contributed by atoms with Crippen molar-refractivity contribution < 1.29 is 4.74 Å². The Balaban J connectivity index is 1.72. The number of ether oxygens (including phenoxy) is 1. The van der Waals surface area contributed by atoms with E-state index in [1.807, 2.05) is 6.92 Å². The molecule has 0 bridgehead atoms. The Morgan fingerprint density at radius 3 is 3.05 bits per heavy atom. The predicted molar refractivity (Wildman–Crippen MR) is 78.5 cm³/mol. The quantitative estimate of drug-likeness (QED) is 0.743. The number of nitrogens with zero attached hydrogens (tertiary/aromatic N) is 2. The van der Waals surface area contributed by atoms with Crippen LogP contribution < -0.4 is 10.9 Å². The second kappa shape index (κ2) is 7.05. The van der Waals surface area contributed by atoms with Crippen LogP contribution in [0.4, 0.5) is 5.69 Å². The highest BCUT2D eigenvalue weighted by molar-refractivity contribution is 9.10. The van der Waals surface area contributed by atoms with E-state index in [0.29, 0.717) is 11.0 Å². The van der Waals surface area contributed by atoms with E-state index in [-0.39, 0.29) is 5.56 Å². The number of anilines is 1. The fraction of sp³-hybridized carbons (Fsp3) is 0.692. The van der Waals surface area contributed by atoms with Gasteiger partial charge < -0.3 is 10.1 Å². The van der Waals surface area contributed by atoms with Crippen LogP contribution in [-0.2, 0) is 11.3 Å². The zero-order valence-electron chi connectivity index (χ0n) is 11.2. The second-order valence-corrected chi connectivity index (χ2v) is 5.58. The van der Waals surface area contributed by atoms with Gasteiger partial charge in [0.1, 0.15) is 4.47 Å². The molecule has 0 saturated heterocycles. The van der Waals surface area contributed by atoms with E-state index in [1.165, 1.54) is 17.5 Å². The largest absolute Gasteiger partial charge is 0.383 e. The average molecular weight is 330 g/mol. The van der Waals surface area contributed by atoms with Gasteiger partial charge in [0.2, 0.25) is 0 Å². The van der Waals surface area contributed by atoms with Crippen molar-refractivity contribution in [1.29, 1.82) is 0 Å². The van der Waals surface area contributed by atoms with Gasteiger partial charge >= 0.3 is 0 Å². The summed E-state index contributed by atoms with van der Waals surface area (Å²) in [6, 6.07) is 0. The summed E-state index contributed by atoms with van der Waals surface area (Å²) in [6.07, 6.45) is 5.26. The minimum Gasteiger partial charge on any atom is -0.383 e. The van der Waals surface area contributed by atoms with Crippen LogP contribution in [0.25, 0.3) is 0 Å². The molecular formula is C13H20BrN3O2. The van der Waals surface area contributed by atoms with E-state index < -0.39 is 0 Å². The number of nitrogens with one attached hydrogen (secondary N) is 1. The molecule has 1 fully saturated rings. The number of rotatable bonds is 8. The Morgan fingerprint density at radius 1 is 1.58 bits per heavy atom. The van der Waals surface area contributed by atoms with Gasteiger partial charge in [-0.1, -0.05) is 0 Å². The first-order valence-corrected chi connectivity index (χ1v) is 7.59. The summed E-state index contributed by atoms with van der Waals surface area (Å²) in [4.78, 5) is 11.8. The first-order chi connectivity index (χ1) is 9.22. The van der Waals surface area contributed by atoms with Gasteiger partial charge in [0, 0.05) is 26.3 Å². The van der Waals surface area contributed by atoms with Crippen molar-refractivity contribution in [2.24, 2.45) is 5.92 Å². The van der Waals surface area contributed by atoms with Crippen LogP contribution in [0, 0.1) is 5.92 Å². The maximum Gasteiger partial charge on any atom is 0.283 e. The molecule has 6 heteroatoms. The number of aromatic nitrogens is 2. The van der Waals surface area contributed by atoms with Crippen molar-refractivity contribution in [3.63, 3.8) is 0 Å². The lowest BCUT2D eigenvalue weighted by molar-refractivity contribution is 0.124. The third kappa shape index (κ3) is 4.31. The van der Waals surface area contributed by atoms with Crippen LogP contribution >= 0.6 is 15.9 Å². The standard InChI is InChI=1S/C13H20BrN3O2/c1-2-17-13(18)12(14)11(8-16-17)15-6-3-7-19-9-10-4-5-10/h8,10,15H,2-7,9H2,1H3. The van der Waals surface area contributed by atoms with Gasteiger partial charge in [0.05, 0.1) is 11.9 Å². The van der Waals surface area contributed by atoms with Crippen molar-refractivity contribution in [2.45, 2.75) is 32.7 Å². The van der Waals surface area contributed by atoms with Crippen LogP contribution in [0.2, 0.25) is 0 Å². The van der Waals surface area contributed by atoms with Crippen LogP contribution in [0.15, 0.2) is 15.5 Å². The van der Waals surface area contributed by atoms with Gasteiger partial charge in [-0.2, -0.15) is 5.10 Å². The lowest BCUT2D eigenvalue weighted by Gasteiger charge is -2.09. The van der Waals surface area contributed by atoms with E-state index in [9.17, 15) is 4.79 Å². The summed E-state index contributed by atoms with van der Waals surface area (Å²) in [5.74, 6) is 0.813. The normalized spacial score (nSPS) is 14.6. The maximum atomic E-state index is 11.8. The number of aryl methyl sites for hydroxylation is 1. The Labute approximate surface area is 121 Å². The third-order valence-corrected chi connectivity index (χ3v) is 3.88. The predicted octanol–water partition coefficient (Wildman–Crippen LogP) is 2.25. The van der Waals surface area contributed by atoms with Crippen LogP contribution in [0.1, 0.15) is 26.2 Å². The average Bonchev–Trinajstić information content (AvgIpc) is 3.22. The zero-order chi connectivity index (χ0) is 13.7. The monoisotopic (exact) mass is 329 g/mol. The maximum absolute atomic E-state index is 11.8. The van der Waals surface area contributed by atoms with Gasteiger partial charge in [0.25, 0.3) is 5.56 Å². The smallest absolute Gasteiger partial charge is 0.283 e. The molecule has 1 saturated carbocycles. The molecule has 1 N–H and O–H groups in total. The highest BCUT2D eigenvalue weighted by Crippen LogP contribution is 2.28. The molecular weight excluding hydrogens is 310 g/mol. The lowest BCUT2D eigenvalue weighted by atomic mass is 10.4. The molecule has 106 valence electrons. The zero-order valence-corrected chi connectivity index (χ0v) is 12.8. The molecule has 5 nitrogen and oxygen atoms in total. The van der Waals surface area contributed by atoms with Crippen LogP contribution in [0.5, 0.6) is 0 Å². The van der Waals surface area contributed by atoms with Gasteiger partial charge in [-0.3, -0.25) is 4.79 Å². The third-order valence-electron chi connectivity index (χ3n) is 3.12. The fourth-order valence-corrected chi connectivity index (χ4v) is 2.19. The molecule has 1 aromatic rings. The van der Waals surface area contributed by atoms with E-state index >= 15 is 0 Å². The van der Waals surface area contributed by atoms with Crippen molar-refractivity contribution >= 4 is 21.6 Å². The van der Waals surface area contributed by atoms with E-state index in [1.54, 1.807) is 6.20 Å².